The van der Waals surface area contributed by atoms with Gasteiger partial charge in [-0.25, -0.2) is 4.39 Å². The number of anilines is 1. The normalized spacial score (nSPS) is 15.7. The molecule has 2 nitrogen and oxygen atoms in total. The lowest BCUT2D eigenvalue weighted by Crippen LogP contribution is -2.29. The highest BCUT2D eigenvalue weighted by Crippen LogP contribution is 2.38. The molecule has 1 unspecified atom stereocenters. The largest absolute Gasteiger partial charge is 0.496 e. The third-order valence-corrected chi connectivity index (χ3v) is 5.15. The lowest BCUT2D eigenvalue weighted by atomic mass is 9.88. The van der Waals surface area contributed by atoms with Crippen molar-refractivity contribution in [3.05, 3.63) is 66.0 Å². The number of hydrogen-bond donors (Lipinski definition) is 0. The van der Waals surface area contributed by atoms with E-state index in [0.29, 0.717) is 5.56 Å². The molecule has 0 amide bonds. The van der Waals surface area contributed by atoms with E-state index in [1.54, 1.807) is 13.2 Å². The highest BCUT2D eigenvalue weighted by molar-refractivity contribution is 5.75. The van der Waals surface area contributed by atoms with Crippen molar-refractivity contribution in [2.75, 3.05) is 25.1 Å². The Bertz CT molecular complexity index is 749. The number of methoxy groups -OCH3 is 1. The molecule has 2 aromatic carbocycles. The van der Waals surface area contributed by atoms with Gasteiger partial charge in [-0.3, -0.25) is 0 Å². The molecule has 0 aliphatic carbocycles. The number of halogens is 1. The first kappa shape index (κ1) is 17.5. The van der Waals surface area contributed by atoms with Crippen molar-refractivity contribution in [3.8, 4) is 5.75 Å². The van der Waals surface area contributed by atoms with Crippen LogP contribution in [0.1, 0.15) is 43.2 Å². The van der Waals surface area contributed by atoms with E-state index in [1.165, 1.54) is 31.0 Å². The van der Waals surface area contributed by atoms with Gasteiger partial charge in [0.15, 0.2) is 0 Å². The van der Waals surface area contributed by atoms with E-state index >= 15 is 0 Å². The Morgan fingerprint density at radius 2 is 1.84 bits per heavy atom. The van der Waals surface area contributed by atoms with Gasteiger partial charge in [0.25, 0.3) is 0 Å². The van der Waals surface area contributed by atoms with Crippen LogP contribution in [-0.4, -0.2) is 20.2 Å². The number of benzene rings is 2. The standard InChI is InChI=1S/C22H26FNO/c1-16(19-9-5-6-10-21(19)23)17(2)20-12-11-18(15-22(20)25-3)24-13-7-4-8-14-24/h5-6,9-12,15-16H,2,4,7-8,13-14H2,1,3H3. The monoisotopic (exact) mass is 339 g/mol. The minimum Gasteiger partial charge on any atom is -0.496 e. The molecule has 0 N–H and O–H groups in total. The van der Waals surface area contributed by atoms with Gasteiger partial charge < -0.3 is 9.64 Å². The smallest absolute Gasteiger partial charge is 0.128 e. The second-order valence-corrected chi connectivity index (χ2v) is 6.70. The van der Waals surface area contributed by atoms with Crippen molar-refractivity contribution in [2.24, 2.45) is 0 Å². The van der Waals surface area contributed by atoms with Crippen LogP contribution in [0.2, 0.25) is 0 Å². The molecule has 1 saturated heterocycles. The van der Waals surface area contributed by atoms with Gasteiger partial charge in [0.1, 0.15) is 11.6 Å². The molecule has 0 spiro atoms. The Labute approximate surface area is 149 Å². The zero-order valence-electron chi connectivity index (χ0n) is 15.1. The van der Waals surface area contributed by atoms with Crippen LogP contribution in [-0.2, 0) is 0 Å². The van der Waals surface area contributed by atoms with Gasteiger partial charge in [-0.15, -0.1) is 0 Å². The lowest BCUT2D eigenvalue weighted by molar-refractivity contribution is 0.413. The van der Waals surface area contributed by atoms with Gasteiger partial charge in [0, 0.05) is 36.3 Å². The summed E-state index contributed by atoms with van der Waals surface area (Å²) in [7, 11) is 1.68. The Morgan fingerprint density at radius 1 is 1.12 bits per heavy atom. The van der Waals surface area contributed by atoms with Crippen LogP contribution in [0, 0.1) is 5.82 Å². The highest BCUT2D eigenvalue weighted by atomic mass is 19.1. The third-order valence-electron chi connectivity index (χ3n) is 5.15. The van der Waals surface area contributed by atoms with Crippen LogP contribution in [0.15, 0.2) is 49.0 Å². The molecule has 0 radical (unpaired) electrons. The molecule has 1 aliphatic rings. The summed E-state index contributed by atoms with van der Waals surface area (Å²) in [5, 5.41) is 0. The average Bonchev–Trinajstić information content (AvgIpc) is 2.67. The number of hydrogen-bond acceptors (Lipinski definition) is 2. The molecule has 0 saturated carbocycles. The molecular weight excluding hydrogens is 313 g/mol. The van der Waals surface area contributed by atoms with E-state index in [-0.39, 0.29) is 11.7 Å². The Morgan fingerprint density at radius 3 is 2.52 bits per heavy atom. The van der Waals surface area contributed by atoms with Crippen molar-refractivity contribution < 1.29 is 9.13 Å². The molecule has 25 heavy (non-hydrogen) atoms. The maximum Gasteiger partial charge on any atom is 0.128 e. The van der Waals surface area contributed by atoms with Gasteiger partial charge in [0.2, 0.25) is 0 Å². The Balaban J connectivity index is 1.88. The maximum atomic E-state index is 14.1. The summed E-state index contributed by atoms with van der Waals surface area (Å²) in [5.74, 6) is 0.493. The molecule has 0 bridgehead atoms. The van der Waals surface area contributed by atoms with Gasteiger partial charge in [0.05, 0.1) is 7.11 Å². The second kappa shape index (κ2) is 7.73. The van der Waals surface area contributed by atoms with Gasteiger partial charge in [-0.05, 0) is 48.6 Å². The van der Waals surface area contributed by atoms with Crippen LogP contribution in [0.5, 0.6) is 5.75 Å². The number of rotatable bonds is 5. The van der Waals surface area contributed by atoms with Crippen molar-refractivity contribution in [3.63, 3.8) is 0 Å². The predicted molar refractivity (Wildman–Crippen MR) is 103 cm³/mol. The molecule has 2 aromatic rings. The number of allylic oxidation sites excluding steroid dienone is 1. The number of ether oxygens (including phenoxy) is 1. The zero-order valence-corrected chi connectivity index (χ0v) is 15.1. The average molecular weight is 339 g/mol. The molecule has 0 aromatic heterocycles. The van der Waals surface area contributed by atoms with E-state index in [4.69, 9.17) is 4.74 Å². The van der Waals surface area contributed by atoms with Crippen molar-refractivity contribution in [1.82, 2.24) is 0 Å². The van der Waals surface area contributed by atoms with Gasteiger partial charge in [-0.1, -0.05) is 31.7 Å². The molecule has 1 aliphatic heterocycles. The zero-order chi connectivity index (χ0) is 17.8. The highest BCUT2D eigenvalue weighted by Gasteiger charge is 2.19. The topological polar surface area (TPSA) is 12.5 Å². The molecule has 1 fully saturated rings. The molecule has 3 rings (SSSR count). The minimum atomic E-state index is -0.194. The van der Waals surface area contributed by atoms with E-state index in [9.17, 15) is 4.39 Å². The first-order chi connectivity index (χ1) is 12.1. The third kappa shape index (κ3) is 3.71. The molecule has 132 valence electrons. The SMILES string of the molecule is C=C(c1ccc(N2CCCCC2)cc1OC)C(C)c1ccccc1F. The second-order valence-electron chi connectivity index (χ2n) is 6.70. The number of piperidine rings is 1. The molecular formula is C22H26FNO. The first-order valence-electron chi connectivity index (χ1n) is 8.98. The fourth-order valence-corrected chi connectivity index (χ4v) is 3.54. The van der Waals surface area contributed by atoms with Crippen LogP contribution < -0.4 is 9.64 Å². The van der Waals surface area contributed by atoms with Crippen LogP contribution in [0.4, 0.5) is 10.1 Å². The molecule has 1 atom stereocenters. The summed E-state index contributed by atoms with van der Waals surface area (Å²) in [4.78, 5) is 2.40. The summed E-state index contributed by atoms with van der Waals surface area (Å²) in [6.07, 6.45) is 3.78. The van der Waals surface area contributed by atoms with Crippen molar-refractivity contribution in [1.29, 1.82) is 0 Å². The molecule has 3 heteroatoms. The quantitative estimate of drug-likeness (QED) is 0.699. The van der Waals surface area contributed by atoms with Crippen LogP contribution in [0.25, 0.3) is 5.57 Å². The van der Waals surface area contributed by atoms with E-state index in [2.05, 4.69) is 29.7 Å². The van der Waals surface area contributed by atoms with Crippen molar-refractivity contribution >= 4 is 11.3 Å². The predicted octanol–water partition coefficient (Wildman–Crippen LogP) is 5.64. The van der Waals surface area contributed by atoms with Gasteiger partial charge in [-0.2, -0.15) is 0 Å². The number of nitrogens with zero attached hydrogens (tertiary/aromatic N) is 1. The lowest BCUT2D eigenvalue weighted by Gasteiger charge is -2.29. The van der Waals surface area contributed by atoms with Crippen LogP contribution >= 0.6 is 0 Å². The maximum absolute atomic E-state index is 14.1. The summed E-state index contributed by atoms with van der Waals surface area (Å²) in [5.41, 5.74) is 3.66. The minimum absolute atomic E-state index is 0.115. The summed E-state index contributed by atoms with van der Waals surface area (Å²) in [6.45, 7) is 8.40. The summed E-state index contributed by atoms with van der Waals surface area (Å²) in [6, 6.07) is 13.2. The van der Waals surface area contributed by atoms with Crippen molar-refractivity contribution in [2.45, 2.75) is 32.1 Å². The Hall–Kier alpha value is -2.29. The van der Waals surface area contributed by atoms with Crippen LogP contribution in [0.3, 0.4) is 0 Å². The fraction of sp³-hybridized carbons (Fsp3) is 0.364. The summed E-state index contributed by atoms with van der Waals surface area (Å²) >= 11 is 0. The fourth-order valence-electron chi connectivity index (χ4n) is 3.54. The van der Waals surface area contributed by atoms with E-state index in [1.807, 2.05) is 19.1 Å². The Kier molecular flexibility index (Phi) is 5.42. The van der Waals surface area contributed by atoms with E-state index < -0.39 is 0 Å². The summed E-state index contributed by atoms with van der Waals surface area (Å²) < 4.78 is 19.8. The van der Waals surface area contributed by atoms with E-state index in [0.717, 1.165) is 30.0 Å². The first-order valence-corrected chi connectivity index (χ1v) is 8.98. The van der Waals surface area contributed by atoms with Gasteiger partial charge >= 0.3 is 0 Å². The molecule has 1 heterocycles.